The van der Waals surface area contributed by atoms with Gasteiger partial charge in [-0.1, -0.05) is 6.92 Å². The molecule has 0 aromatic carbocycles. The Balaban J connectivity index is 1.85. The first-order valence-electron chi connectivity index (χ1n) is 7.66. The fourth-order valence-electron chi connectivity index (χ4n) is 2.79. The Labute approximate surface area is 127 Å². The minimum Gasteiger partial charge on any atom is -0.307 e. The predicted molar refractivity (Wildman–Crippen MR) is 84.5 cm³/mol. The van der Waals surface area contributed by atoms with Crippen molar-refractivity contribution in [3.8, 4) is 0 Å². The second-order valence-electron chi connectivity index (χ2n) is 5.66. The zero-order valence-electron chi connectivity index (χ0n) is 12.8. The highest BCUT2D eigenvalue weighted by molar-refractivity contribution is 7.89. The quantitative estimate of drug-likeness (QED) is 0.872. The first-order valence-corrected chi connectivity index (χ1v) is 9.27. The van der Waals surface area contributed by atoms with Crippen LogP contribution in [0.3, 0.4) is 0 Å². The Morgan fingerprint density at radius 1 is 1.33 bits per heavy atom. The number of pyridine rings is 1. The van der Waals surface area contributed by atoms with Crippen LogP contribution in [-0.4, -0.2) is 42.6 Å². The van der Waals surface area contributed by atoms with Crippen molar-refractivity contribution in [2.75, 3.05) is 18.8 Å². The Bertz CT molecular complexity index is 525. The van der Waals surface area contributed by atoms with Gasteiger partial charge < -0.3 is 5.32 Å². The lowest BCUT2D eigenvalue weighted by Crippen LogP contribution is -2.46. The van der Waals surface area contributed by atoms with Crippen molar-refractivity contribution in [1.29, 1.82) is 0 Å². The molecule has 1 N–H and O–H groups in total. The zero-order chi connectivity index (χ0) is 15.3. The van der Waals surface area contributed by atoms with Crippen LogP contribution in [0.25, 0.3) is 0 Å². The lowest BCUT2D eigenvalue weighted by Gasteiger charge is -2.33. The van der Waals surface area contributed by atoms with E-state index in [1.165, 1.54) is 5.56 Å². The van der Waals surface area contributed by atoms with E-state index in [2.05, 4.69) is 17.2 Å². The summed E-state index contributed by atoms with van der Waals surface area (Å²) in [4.78, 5) is 4.03. The van der Waals surface area contributed by atoms with E-state index in [9.17, 15) is 8.42 Å². The van der Waals surface area contributed by atoms with Crippen LogP contribution < -0.4 is 5.32 Å². The maximum absolute atomic E-state index is 12.0. The van der Waals surface area contributed by atoms with Crippen molar-refractivity contribution in [1.82, 2.24) is 14.6 Å². The minimum absolute atomic E-state index is 0.261. The maximum Gasteiger partial charge on any atom is 0.214 e. The molecule has 1 aliphatic heterocycles. The maximum atomic E-state index is 12.0. The number of piperidine rings is 1. The van der Waals surface area contributed by atoms with Crippen molar-refractivity contribution in [2.24, 2.45) is 0 Å². The largest absolute Gasteiger partial charge is 0.307 e. The van der Waals surface area contributed by atoms with Gasteiger partial charge in [0.2, 0.25) is 10.0 Å². The molecule has 0 bridgehead atoms. The molecule has 0 amide bonds. The number of hydrogen-bond donors (Lipinski definition) is 1. The molecule has 1 unspecified atom stereocenters. The van der Waals surface area contributed by atoms with Gasteiger partial charge in [-0.2, -0.15) is 0 Å². The van der Waals surface area contributed by atoms with Crippen molar-refractivity contribution in [2.45, 2.75) is 45.2 Å². The van der Waals surface area contributed by atoms with Crippen molar-refractivity contribution in [3.05, 3.63) is 30.1 Å². The van der Waals surface area contributed by atoms with Gasteiger partial charge in [-0.3, -0.25) is 4.98 Å². The average molecular weight is 311 g/mol. The van der Waals surface area contributed by atoms with E-state index in [1.54, 1.807) is 16.7 Å². The Kier molecular flexibility index (Phi) is 5.72. The van der Waals surface area contributed by atoms with Crippen LogP contribution in [0, 0.1) is 0 Å². The highest BCUT2D eigenvalue weighted by Crippen LogP contribution is 2.19. The monoisotopic (exact) mass is 311 g/mol. The number of nitrogens with zero attached hydrogens (tertiary/aromatic N) is 2. The van der Waals surface area contributed by atoms with Crippen LogP contribution >= 0.6 is 0 Å². The van der Waals surface area contributed by atoms with E-state index in [1.807, 2.05) is 19.1 Å². The number of sulfonamides is 1. The van der Waals surface area contributed by atoms with Gasteiger partial charge in [-0.15, -0.1) is 0 Å². The topological polar surface area (TPSA) is 62.3 Å². The third-order valence-electron chi connectivity index (χ3n) is 4.00. The molecule has 2 rings (SSSR count). The Hall–Kier alpha value is -0.980. The van der Waals surface area contributed by atoms with Gasteiger partial charge in [0, 0.05) is 37.6 Å². The molecule has 5 nitrogen and oxygen atoms in total. The molecule has 0 spiro atoms. The van der Waals surface area contributed by atoms with E-state index in [0.717, 1.165) is 12.8 Å². The highest BCUT2D eigenvalue weighted by atomic mass is 32.2. The second kappa shape index (κ2) is 7.33. The first-order chi connectivity index (χ1) is 10.0. The van der Waals surface area contributed by atoms with Crippen LogP contribution in [0.15, 0.2) is 24.5 Å². The highest BCUT2D eigenvalue weighted by Gasteiger charge is 2.27. The molecule has 1 aromatic rings. The van der Waals surface area contributed by atoms with Gasteiger partial charge in [-0.25, -0.2) is 12.7 Å². The minimum atomic E-state index is -3.04. The Morgan fingerprint density at radius 3 is 2.52 bits per heavy atom. The number of hydrogen-bond acceptors (Lipinski definition) is 4. The van der Waals surface area contributed by atoms with Crippen molar-refractivity contribution < 1.29 is 8.42 Å². The summed E-state index contributed by atoms with van der Waals surface area (Å²) in [5, 5.41) is 3.59. The van der Waals surface area contributed by atoms with Crippen LogP contribution in [-0.2, 0) is 10.0 Å². The summed E-state index contributed by atoms with van der Waals surface area (Å²) in [5.41, 5.74) is 1.21. The summed E-state index contributed by atoms with van der Waals surface area (Å²) in [6.07, 6.45) is 6.03. The number of aromatic nitrogens is 1. The number of nitrogens with one attached hydrogen (secondary N) is 1. The molecule has 6 heteroatoms. The van der Waals surface area contributed by atoms with E-state index < -0.39 is 10.0 Å². The van der Waals surface area contributed by atoms with Crippen LogP contribution in [0.1, 0.15) is 44.7 Å². The fourth-order valence-corrected chi connectivity index (χ4v) is 4.33. The molecule has 1 saturated heterocycles. The van der Waals surface area contributed by atoms with Gasteiger partial charge in [0.05, 0.1) is 5.75 Å². The van der Waals surface area contributed by atoms with Crippen LogP contribution in [0.4, 0.5) is 0 Å². The molecule has 1 fully saturated rings. The van der Waals surface area contributed by atoms with E-state index in [-0.39, 0.29) is 11.8 Å². The van der Waals surface area contributed by atoms with Gasteiger partial charge in [-0.05, 0) is 43.9 Å². The number of rotatable bonds is 6. The first kappa shape index (κ1) is 16.4. The van der Waals surface area contributed by atoms with E-state index in [4.69, 9.17) is 0 Å². The molecule has 0 radical (unpaired) electrons. The summed E-state index contributed by atoms with van der Waals surface area (Å²) >= 11 is 0. The third kappa shape index (κ3) is 4.49. The van der Waals surface area contributed by atoms with Crippen molar-refractivity contribution in [3.63, 3.8) is 0 Å². The standard InChI is InChI=1S/C15H25N3O2S/c1-3-12-21(19,20)18-10-6-15(7-11-18)17-13(2)14-4-8-16-9-5-14/h4-5,8-9,13,15,17H,3,6-7,10-12H2,1-2H3. The van der Waals surface area contributed by atoms with Crippen molar-refractivity contribution >= 4 is 10.0 Å². The summed E-state index contributed by atoms with van der Waals surface area (Å²) in [6, 6.07) is 4.66. The van der Waals surface area contributed by atoms with Gasteiger partial charge in [0.1, 0.15) is 0 Å². The molecule has 21 heavy (non-hydrogen) atoms. The zero-order valence-corrected chi connectivity index (χ0v) is 13.6. The summed E-state index contributed by atoms with van der Waals surface area (Å²) < 4.78 is 25.7. The molecule has 1 atom stereocenters. The normalized spacial score (nSPS) is 19.5. The Morgan fingerprint density at radius 2 is 1.95 bits per heavy atom. The van der Waals surface area contributed by atoms with Gasteiger partial charge in [0.15, 0.2) is 0 Å². The predicted octanol–water partition coefficient (Wildman–Crippen LogP) is 1.94. The van der Waals surface area contributed by atoms with Crippen LogP contribution in [0.2, 0.25) is 0 Å². The van der Waals surface area contributed by atoms with E-state index >= 15 is 0 Å². The van der Waals surface area contributed by atoms with Crippen LogP contribution in [0.5, 0.6) is 0 Å². The molecule has 1 aliphatic rings. The summed E-state index contributed by atoms with van der Waals surface area (Å²) in [6.45, 7) is 5.30. The van der Waals surface area contributed by atoms with Gasteiger partial charge in [0.25, 0.3) is 0 Å². The third-order valence-corrected chi connectivity index (χ3v) is 6.08. The van der Waals surface area contributed by atoms with E-state index in [0.29, 0.717) is 25.6 Å². The van der Waals surface area contributed by atoms with Gasteiger partial charge >= 0.3 is 0 Å². The molecule has 1 aromatic heterocycles. The fraction of sp³-hybridized carbons (Fsp3) is 0.667. The molecule has 118 valence electrons. The molecular weight excluding hydrogens is 286 g/mol. The summed E-state index contributed by atoms with van der Waals surface area (Å²) in [5.74, 6) is 0.262. The smallest absolute Gasteiger partial charge is 0.214 e. The average Bonchev–Trinajstić information content (AvgIpc) is 2.48. The molecular formula is C15H25N3O2S. The SMILES string of the molecule is CCCS(=O)(=O)N1CCC(NC(C)c2ccncc2)CC1. The second-order valence-corrected chi connectivity index (χ2v) is 7.75. The summed E-state index contributed by atoms with van der Waals surface area (Å²) in [7, 11) is -3.04. The molecule has 0 saturated carbocycles. The lowest BCUT2D eigenvalue weighted by atomic mass is 10.0. The molecule has 0 aliphatic carbocycles. The lowest BCUT2D eigenvalue weighted by molar-refractivity contribution is 0.277. The molecule has 2 heterocycles.